The lowest BCUT2D eigenvalue weighted by molar-refractivity contribution is -0.137. The average Bonchev–Trinajstić information content (AvgIpc) is 3.10. The molecule has 1 aliphatic rings. The molecule has 1 N–H and O–H groups in total. The SMILES string of the molecule is Cn1ccc2c(Nc3cc(Br)cc(C(F)(F)F)c3)ncc(C(=O)N3CCOCC3)c21. The molecule has 30 heavy (non-hydrogen) atoms. The maximum Gasteiger partial charge on any atom is 0.416 e. The first-order chi connectivity index (χ1) is 14.2. The number of aryl methyl sites for hydroxylation is 1. The van der Waals surface area contributed by atoms with Gasteiger partial charge < -0.3 is 19.5 Å². The van der Waals surface area contributed by atoms with Gasteiger partial charge in [-0.1, -0.05) is 15.9 Å². The summed E-state index contributed by atoms with van der Waals surface area (Å²) in [5.41, 5.74) is 0.564. The van der Waals surface area contributed by atoms with Crippen molar-refractivity contribution in [3.05, 3.63) is 52.3 Å². The Morgan fingerprint density at radius 1 is 1.23 bits per heavy atom. The normalized spacial score (nSPS) is 14.9. The molecule has 4 rings (SSSR count). The number of pyridine rings is 1. The minimum Gasteiger partial charge on any atom is -0.378 e. The van der Waals surface area contributed by atoms with Crippen LogP contribution in [0.3, 0.4) is 0 Å². The molecule has 0 atom stereocenters. The lowest BCUT2D eigenvalue weighted by Crippen LogP contribution is -2.40. The highest BCUT2D eigenvalue weighted by molar-refractivity contribution is 9.10. The number of aromatic nitrogens is 2. The molecule has 1 aliphatic heterocycles. The molecule has 1 amide bonds. The number of morpholine rings is 1. The van der Waals surface area contributed by atoms with Crippen molar-refractivity contribution >= 4 is 44.2 Å². The lowest BCUT2D eigenvalue weighted by atomic mass is 10.1. The van der Waals surface area contributed by atoms with Crippen LogP contribution >= 0.6 is 15.9 Å². The van der Waals surface area contributed by atoms with Crippen LogP contribution in [0.5, 0.6) is 0 Å². The first-order valence-electron chi connectivity index (χ1n) is 9.20. The number of anilines is 2. The second kappa shape index (κ2) is 7.92. The van der Waals surface area contributed by atoms with Crippen LogP contribution in [0.15, 0.2) is 41.1 Å². The van der Waals surface area contributed by atoms with E-state index in [-0.39, 0.29) is 11.6 Å². The highest BCUT2D eigenvalue weighted by Gasteiger charge is 2.31. The van der Waals surface area contributed by atoms with E-state index in [4.69, 9.17) is 4.74 Å². The minimum atomic E-state index is -4.47. The number of nitrogens with zero attached hydrogens (tertiary/aromatic N) is 3. The van der Waals surface area contributed by atoms with E-state index in [1.807, 2.05) is 7.05 Å². The Balaban J connectivity index is 1.72. The quantitative estimate of drug-likeness (QED) is 0.593. The Labute approximate surface area is 178 Å². The Morgan fingerprint density at radius 3 is 2.67 bits per heavy atom. The zero-order valence-corrected chi connectivity index (χ0v) is 17.5. The van der Waals surface area contributed by atoms with Gasteiger partial charge in [0, 0.05) is 48.1 Å². The number of halogens is 4. The fourth-order valence-corrected chi connectivity index (χ4v) is 3.96. The molecule has 158 valence electrons. The van der Waals surface area contributed by atoms with Crippen LogP contribution in [-0.2, 0) is 18.0 Å². The third kappa shape index (κ3) is 4.01. The van der Waals surface area contributed by atoms with Crippen LogP contribution in [0.4, 0.5) is 24.7 Å². The largest absolute Gasteiger partial charge is 0.416 e. The van der Waals surface area contributed by atoms with Gasteiger partial charge in [-0.25, -0.2) is 4.98 Å². The van der Waals surface area contributed by atoms with Crippen molar-refractivity contribution in [2.45, 2.75) is 6.18 Å². The third-order valence-corrected chi connectivity index (χ3v) is 5.38. The zero-order valence-electron chi connectivity index (χ0n) is 16.0. The van der Waals surface area contributed by atoms with E-state index < -0.39 is 11.7 Å². The molecule has 0 saturated carbocycles. The predicted octanol–water partition coefficient (Wildman–Crippen LogP) is 4.57. The molecule has 0 spiro atoms. The van der Waals surface area contributed by atoms with Gasteiger partial charge in [0.1, 0.15) is 5.82 Å². The number of ether oxygens (including phenoxy) is 1. The van der Waals surface area contributed by atoms with Crippen molar-refractivity contribution in [2.75, 3.05) is 31.6 Å². The van der Waals surface area contributed by atoms with Crippen LogP contribution in [0.25, 0.3) is 10.9 Å². The Bertz CT molecular complexity index is 1110. The van der Waals surface area contributed by atoms with Crippen molar-refractivity contribution in [3.8, 4) is 0 Å². The molecule has 0 unspecified atom stereocenters. The van der Waals surface area contributed by atoms with Crippen molar-refractivity contribution in [1.29, 1.82) is 0 Å². The van der Waals surface area contributed by atoms with Crippen LogP contribution in [0, 0.1) is 0 Å². The number of carbonyl (C=O) groups excluding carboxylic acids is 1. The Hall–Kier alpha value is -2.59. The molecule has 10 heteroatoms. The molecule has 0 radical (unpaired) electrons. The highest BCUT2D eigenvalue weighted by atomic mass is 79.9. The van der Waals surface area contributed by atoms with Gasteiger partial charge in [-0.15, -0.1) is 0 Å². The van der Waals surface area contributed by atoms with E-state index in [0.29, 0.717) is 53.1 Å². The van der Waals surface area contributed by atoms with Crippen molar-refractivity contribution < 1.29 is 22.7 Å². The van der Waals surface area contributed by atoms with Gasteiger partial charge in [-0.05, 0) is 24.3 Å². The van der Waals surface area contributed by atoms with Gasteiger partial charge in [0.25, 0.3) is 5.91 Å². The van der Waals surface area contributed by atoms with E-state index in [0.717, 1.165) is 12.1 Å². The van der Waals surface area contributed by atoms with Crippen LogP contribution in [0.1, 0.15) is 15.9 Å². The lowest BCUT2D eigenvalue weighted by Gasteiger charge is -2.27. The van der Waals surface area contributed by atoms with Crippen molar-refractivity contribution in [2.24, 2.45) is 7.05 Å². The zero-order chi connectivity index (χ0) is 21.5. The van der Waals surface area contributed by atoms with E-state index in [1.54, 1.807) is 27.8 Å². The molecule has 1 fully saturated rings. The number of nitrogens with one attached hydrogen (secondary N) is 1. The van der Waals surface area contributed by atoms with Gasteiger partial charge in [0.05, 0.1) is 29.9 Å². The van der Waals surface area contributed by atoms with Gasteiger partial charge in [0.15, 0.2) is 0 Å². The second-order valence-electron chi connectivity index (χ2n) is 6.97. The fourth-order valence-electron chi connectivity index (χ4n) is 3.47. The summed E-state index contributed by atoms with van der Waals surface area (Å²) in [6.07, 6.45) is -1.22. The Morgan fingerprint density at radius 2 is 1.97 bits per heavy atom. The number of hydrogen-bond donors (Lipinski definition) is 1. The molecular formula is C20H18BrF3N4O2. The van der Waals surface area contributed by atoms with E-state index in [2.05, 4.69) is 26.2 Å². The van der Waals surface area contributed by atoms with Gasteiger partial charge >= 0.3 is 6.18 Å². The molecule has 1 aromatic carbocycles. The second-order valence-corrected chi connectivity index (χ2v) is 7.88. The summed E-state index contributed by atoms with van der Waals surface area (Å²) in [5.74, 6) is 0.223. The number of carbonyl (C=O) groups is 1. The molecule has 3 aromatic rings. The maximum atomic E-state index is 13.1. The molecular weight excluding hydrogens is 465 g/mol. The number of amides is 1. The first kappa shape index (κ1) is 20.7. The molecule has 0 aliphatic carbocycles. The number of rotatable bonds is 3. The van der Waals surface area contributed by atoms with Crippen LogP contribution < -0.4 is 5.32 Å². The number of fused-ring (bicyclic) bond motifs is 1. The maximum absolute atomic E-state index is 13.1. The summed E-state index contributed by atoms with van der Waals surface area (Å²) >= 11 is 3.12. The summed E-state index contributed by atoms with van der Waals surface area (Å²) < 4.78 is 46.8. The molecule has 3 heterocycles. The summed E-state index contributed by atoms with van der Waals surface area (Å²) in [5, 5.41) is 3.60. The van der Waals surface area contributed by atoms with Crippen molar-refractivity contribution in [3.63, 3.8) is 0 Å². The fraction of sp³-hybridized carbons (Fsp3) is 0.300. The number of alkyl halides is 3. The number of hydrogen-bond acceptors (Lipinski definition) is 4. The summed E-state index contributed by atoms with van der Waals surface area (Å²) in [6.45, 7) is 1.98. The van der Waals surface area contributed by atoms with Crippen molar-refractivity contribution in [1.82, 2.24) is 14.5 Å². The van der Waals surface area contributed by atoms with E-state index in [1.165, 1.54) is 6.20 Å². The van der Waals surface area contributed by atoms with Gasteiger partial charge in [-0.2, -0.15) is 13.2 Å². The molecule has 1 saturated heterocycles. The topological polar surface area (TPSA) is 59.4 Å². The molecule has 6 nitrogen and oxygen atoms in total. The highest BCUT2D eigenvalue weighted by Crippen LogP contribution is 2.35. The van der Waals surface area contributed by atoms with E-state index in [9.17, 15) is 18.0 Å². The standard InChI is InChI=1S/C20H18BrF3N4O2/c1-27-3-2-15-17(27)16(19(29)28-4-6-30-7-5-28)11-25-18(15)26-14-9-12(20(22,23)24)8-13(21)10-14/h2-3,8-11H,4-7H2,1H3,(H,25,26). The third-order valence-electron chi connectivity index (χ3n) is 4.92. The van der Waals surface area contributed by atoms with Crippen LogP contribution in [0.2, 0.25) is 0 Å². The first-order valence-corrected chi connectivity index (χ1v) is 9.99. The molecule has 0 bridgehead atoms. The van der Waals surface area contributed by atoms with Gasteiger partial charge in [-0.3, -0.25) is 4.79 Å². The minimum absolute atomic E-state index is 0.147. The van der Waals surface area contributed by atoms with Crippen LogP contribution in [-0.4, -0.2) is 46.7 Å². The smallest absolute Gasteiger partial charge is 0.378 e. The summed E-state index contributed by atoms with van der Waals surface area (Å²) in [7, 11) is 1.81. The number of benzene rings is 1. The average molecular weight is 483 g/mol. The monoisotopic (exact) mass is 482 g/mol. The summed E-state index contributed by atoms with van der Waals surface area (Å²) in [6, 6.07) is 5.36. The predicted molar refractivity (Wildman–Crippen MR) is 110 cm³/mol. The molecule has 2 aromatic heterocycles. The summed E-state index contributed by atoms with van der Waals surface area (Å²) in [4.78, 5) is 19.1. The van der Waals surface area contributed by atoms with E-state index >= 15 is 0 Å². The van der Waals surface area contributed by atoms with Gasteiger partial charge in [0.2, 0.25) is 0 Å². The Kier molecular flexibility index (Phi) is 5.46.